The normalized spacial score (nSPS) is 19.5. The number of fused-ring (bicyclic) bond motifs is 1. The largest absolute Gasteiger partial charge is 0.382 e. The van der Waals surface area contributed by atoms with Gasteiger partial charge in [-0.2, -0.15) is 5.10 Å². The molecule has 1 aromatic carbocycles. The average Bonchev–Trinajstić information content (AvgIpc) is 3.36. The number of amides is 1. The summed E-state index contributed by atoms with van der Waals surface area (Å²) in [5.74, 6) is 0.473. The van der Waals surface area contributed by atoms with Gasteiger partial charge in [0.25, 0.3) is 0 Å². The molecule has 138 valence electrons. The second-order valence-electron chi connectivity index (χ2n) is 7.29. The van der Waals surface area contributed by atoms with Crippen molar-refractivity contribution in [2.24, 2.45) is 5.92 Å². The molecule has 0 spiro atoms. The summed E-state index contributed by atoms with van der Waals surface area (Å²) in [5, 5.41) is 4.58. The van der Waals surface area contributed by atoms with Crippen LogP contribution in [0.4, 0.5) is 4.39 Å². The third-order valence-corrected chi connectivity index (χ3v) is 5.32. The number of aromatic nitrogens is 2. The maximum atomic E-state index is 13.1. The van der Waals surface area contributed by atoms with E-state index in [0.717, 1.165) is 24.2 Å². The summed E-state index contributed by atoms with van der Waals surface area (Å²) in [4.78, 5) is 14.9. The Morgan fingerprint density at radius 1 is 1.31 bits per heavy atom. The molecule has 1 atom stereocenters. The van der Waals surface area contributed by atoms with E-state index < -0.39 is 0 Å². The van der Waals surface area contributed by atoms with Crippen LogP contribution in [-0.4, -0.2) is 40.8 Å². The Hall–Kier alpha value is -2.21. The lowest BCUT2D eigenvalue weighted by Crippen LogP contribution is -2.43. The number of ether oxygens (including phenoxy) is 1. The van der Waals surface area contributed by atoms with Gasteiger partial charge in [-0.25, -0.2) is 4.39 Å². The SMILES string of the molecule is COCC1c2c(cnn2CC2CC2)CCN1C(=O)Cc1ccc(F)cc1. The van der Waals surface area contributed by atoms with Crippen LogP contribution in [0.5, 0.6) is 0 Å². The van der Waals surface area contributed by atoms with Gasteiger partial charge in [-0.3, -0.25) is 9.48 Å². The topological polar surface area (TPSA) is 47.4 Å². The van der Waals surface area contributed by atoms with E-state index >= 15 is 0 Å². The van der Waals surface area contributed by atoms with E-state index in [1.165, 1.54) is 30.5 Å². The van der Waals surface area contributed by atoms with Gasteiger partial charge in [0, 0.05) is 20.2 Å². The van der Waals surface area contributed by atoms with E-state index in [-0.39, 0.29) is 24.2 Å². The zero-order chi connectivity index (χ0) is 18.1. The molecule has 2 heterocycles. The maximum absolute atomic E-state index is 13.1. The molecule has 1 aliphatic carbocycles. The molecule has 4 rings (SSSR count). The van der Waals surface area contributed by atoms with Crippen molar-refractivity contribution in [3.8, 4) is 0 Å². The van der Waals surface area contributed by atoms with Gasteiger partial charge < -0.3 is 9.64 Å². The lowest BCUT2D eigenvalue weighted by Gasteiger charge is -2.36. The van der Waals surface area contributed by atoms with E-state index in [1.807, 2.05) is 11.1 Å². The molecule has 6 heteroatoms. The molecule has 1 unspecified atom stereocenters. The van der Waals surface area contributed by atoms with Crippen LogP contribution in [0.2, 0.25) is 0 Å². The average molecular weight is 357 g/mol. The minimum Gasteiger partial charge on any atom is -0.382 e. The van der Waals surface area contributed by atoms with Crippen molar-refractivity contribution >= 4 is 5.91 Å². The van der Waals surface area contributed by atoms with Crippen LogP contribution in [0.25, 0.3) is 0 Å². The quantitative estimate of drug-likeness (QED) is 0.799. The molecule has 1 saturated carbocycles. The number of hydrogen-bond donors (Lipinski definition) is 0. The van der Waals surface area contributed by atoms with Crippen LogP contribution in [-0.2, 0) is 28.9 Å². The van der Waals surface area contributed by atoms with Gasteiger partial charge in [0.1, 0.15) is 5.82 Å². The van der Waals surface area contributed by atoms with Gasteiger partial charge in [0.05, 0.1) is 31.0 Å². The summed E-state index contributed by atoms with van der Waals surface area (Å²) < 4.78 is 20.6. The summed E-state index contributed by atoms with van der Waals surface area (Å²) in [7, 11) is 1.67. The molecule has 2 aliphatic rings. The number of nitrogens with zero attached hydrogens (tertiary/aromatic N) is 3. The molecule has 1 amide bonds. The molecule has 26 heavy (non-hydrogen) atoms. The van der Waals surface area contributed by atoms with Crippen LogP contribution in [0.15, 0.2) is 30.5 Å². The molecular formula is C20H24FN3O2. The number of methoxy groups -OCH3 is 1. The lowest BCUT2D eigenvalue weighted by atomic mass is 9.98. The minimum absolute atomic E-state index is 0.0449. The van der Waals surface area contributed by atoms with Crippen molar-refractivity contribution < 1.29 is 13.9 Å². The van der Waals surface area contributed by atoms with Gasteiger partial charge >= 0.3 is 0 Å². The maximum Gasteiger partial charge on any atom is 0.227 e. The first-order valence-electron chi connectivity index (χ1n) is 9.23. The number of carbonyl (C=O) groups is 1. The Morgan fingerprint density at radius 2 is 2.08 bits per heavy atom. The van der Waals surface area contributed by atoms with Crippen LogP contribution in [0, 0.1) is 11.7 Å². The van der Waals surface area contributed by atoms with Crippen LogP contribution >= 0.6 is 0 Å². The first kappa shape index (κ1) is 17.2. The van der Waals surface area contributed by atoms with E-state index in [2.05, 4.69) is 9.78 Å². The lowest BCUT2D eigenvalue weighted by molar-refractivity contribution is -0.134. The number of hydrogen-bond acceptors (Lipinski definition) is 3. The molecule has 5 nitrogen and oxygen atoms in total. The van der Waals surface area contributed by atoms with E-state index in [4.69, 9.17) is 4.74 Å². The fraction of sp³-hybridized carbons (Fsp3) is 0.500. The Kier molecular flexibility index (Phi) is 4.76. The monoisotopic (exact) mass is 357 g/mol. The Balaban J connectivity index is 1.56. The Labute approximate surface area is 152 Å². The summed E-state index contributed by atoms with van der Waals surface area (Å²) in [5.41, 5.74) is 3.17. The van der Waals surface area contributed by atoms with Crippen molar-refractivity contribution in [2.45, 2.75) is 38.3 Å². The minimum atomic E-state index is -0.287. The van der Waals surface area contributed by atoms with Gasteiger partial charge in [-0.05, 0) is 48.4 Å². The van der Waals surface area contributed by atoms with Crippen LogP contribution < -0.4 is 0 Å². The first-order valence-corrected chi connectivity index (χ1v) is 9.23. The second-order valence-corrected chi connectivity index (χ2v) is 7.29. The van der Waals surface area contributed by atoms with Crippen molar-refractivity contribution in [3.63, 3.8) is 0 Å². The number of rotatable bonds is 6. The predicted molar refractivity (Wildman–Crippen MR) is 95.1 cm³/mol. The zero-order valence-corrected chi connectivity index (χ0v) is 15.0. The summed E-state index contributed by atoms with van der Waals surface area (Å²) >= 11 is 0. The summed E-state index contributed by atoms with van der Waals surface area (Å²) in [6.07, 6.45) is 5.55. The molecule has 0 bridgehead atoms. The van der Waals surface area contributed by atoms with Gasteiger partial charge in [-0.15, -0.1) is 0 Å². The standard InChI is InChI=1S/C20H24FN3O2/c1-26-13-18-20-16(11-22-24(20)12-15-2-3-15)8-9-23(18)19(25)10-14-4-6-17(21)7-5-14/h4-7,11,15,18H,2-3,8-10,12-13H2,1H3. The highest BCUT2D eigenvalue weighted by Gasteiger charge is 2.35. The highest BCUT2D eigenvalue weighted by atomic mass is 19.1. The van der Waals surface area contributed by atoms with Crippen molar-refractivity contribution in [1.82, 2.24) is 14.7 Å². The molecule has 1 fully saturated rings. The first-order chi connectivity index (χ1) is 12.7. The van der Waals surface area contributed by atoms with Crippen molar-refractivity contribution in [2.75, 3.05) is 20.3 Å². The zero-order valence-electron chi connectivity index (χ0n) is 15.0. The van der Waals surface area contributed by atoms with Crippen LogP contribution in [0.1, 0.15) is 35.7 Å². The fourth-order valence-electron chi connectivity index (χ4n) is 3.75. The molecule has 0 saturated heterocycles. The molecule has 1 aliphatic heterocycles. The van der Waals surface area contributed by atoms with Gasteiger partial charge in [0.15, 0.2) is 0 Å². The fourth-order valence-corrected chi connectivity index (χ4v) is 3.75. The Morgan fingerprint density at radius 3 is 2.77 bits per heavy atom. The highest BCUT2D eigenvalue weighted by molar-refractivity contribution is 5.79. The number of carbonyl (C=O) groups excluding carboxylic acids is 1. The number of benzene rings is 1. The van der Waals surface area contributed by atoms with Crippen LogP contribution in [0.3, 0.4) is 0 Å². The van der Waals surface area contributed by atoms with E-state index in [0.29, 0.717) is 19.1 Å². The van der Waals surface area contributed by atoms with Crippen molar-refractivity contribution in [3.05, 3.63) is 53.1 Å². The van der Waals surface area contributed by atoms with Gasteiger partial charge in [-0.1, -0.05) is 12.1 Å². The van der Waals surface area contributed by atoms with E-state index in [1.54, 1.807) is 19.2 Å². The van der Waals surface area contributed by atoms with Crippen molar-refractivity contribution in [1.29, 1.82) is 0 Å². The smallest absolute Gasteiger partial charge is 0.227 e. The molecule has 2 aromatic rings. The summed E-state index contributed by atoms with van der Waals surface area (Å²) in [6.45, 7) is 2.05. The van der Waals surface area contributed by atoms with Gasteiger partial charge in [0.2, 0.25) is 5.91 Å². The Bertz CT molecular complexity index is 783. The molecule has 0 N–H and O–H groups in total. The van der Waals surface area contributed by atoms with E-state index in [9.17, 15) is 9.18 Å². The predicted octanol–water partition coefficient (Wildman–Crippen LogP) is 2.75. The highest BCUT2D eigenvalue weighted by Crippen LogP contribution is 2.35. The second kappa shape index (κ2) is 7.19. The molecule has 1 aromatic heterocycles. The molecular weight excluding hydrogens is 333 g/mol. The molecule has 0 radical (unpaired) electrons. The number of halogens is 1. The third-order valence-electron chi connectivity index (χ3n) is 5.32. The third kappa shape index (κ3) is 3.51. The summed E-state index contributed by atoms with van der Waals surface area (Å²) in [6, 6.07) is 6.02.